The number of ether oxygens (including phenoxy) is 2. The summed E-state index contributed by atoms with van der Waals surface area (Å²) in [4.78, 5) is 12.6. The maximum atomic E-state index is 15.1. The summed E-state index contributed by atoms with van der Waals surface area (Å²) in [6.07, 6.45) is 7.84. The van der Waals surface area contributed by atoms with E-state index in [1.165, 1.54) is 12.1 Å². The molecule has 2 saturated carbocycles. The maximum Gasteiger partial charge on any atom is 0.341 e. The predicted octanol–water partition coefficient (Wildman–Crippen LogP) is 8.99. The Kier molecular flexibility index (Phi) is 9.72. The molecule has 4 rings (SSSR count). The van der Waals surface area contributed by atoms with E-state index in [4.69, 9.17) is 9.47 Å². The number of rotatable bonds is 9. The van der Waals surface area contributed by atoms with Gasteiger partial charge in [-0.05, 0) is 86.0 Å². The molecule has 7 heteroatoms. The van der Waals surface area contributed by atoms with Crippen LogP contribution in [0, 0.1) is 29.2 Å². The van der Waals surface area contributed by atoms with E-state index in [9.17, 15) is 13.6 Å². The van der Waals surface area contributed by atoms with Gasteiger partial charge in [-0.25, -0.2) is 18.0 Å². The molecule has 0 atom stereocenters. The summed E-state index contributed by atoms with van der Waals surface area (Å²) in [5, 5.41) is 0. The van der Waals surface area contributed by atoms with Crippen LogP contribution < -0.4 is 4.74 Å². The van der Waals surface area contributed by atoms with E-state index in [0.717, 1.165) is 44.9 Å². The van der Waals surface area contributed by atoms with E-state index in [-0.39, 0.29) is 24.2 Å². The Morgan fingerprint density at radius 2 is 1.34 bits per heavy atom. The topological polar surface area (TPSA) is 35.5 Å². The second-order valence-corrected chi connectivity index (χ2v) is 11.0. The van der Waals surface area contributed by atoms with E-state index >= 15 is 8.78 Å². The van der Waals surface area contributed by atoms with Crippen LogP contribution in [0.15, 0.2) is 24.3 Å². The first-order chi connectivity index (χ1) is 18.3. The van der Waals surface area contributed by atoms with Gasteiger partial charge in [-0.3, -0.25) is 0 Å². The molecule has 0 aliphatic heterocycles. The van der Waals surface area contributed by atoms with E-state index < -0.39 is 40.9 Å². The van der Waals surface area contributed by atoms with Crippen molar-refractivity contribution in [3.05, 3.63) is 64.2 Å². The van der Waals surface area contributed by atoms with Gasteiger partial charge >= 0.3 is 5.97 Å². The molecular weight excluding hydrogens is 496 g/mol. The van der Waals surface area contributed by atoms with Crippen molar-refractivity contribution in [2.75, 3.05) is 6.61 Å². The van der Waals surface area contributed by atoms with Gasteiger partial charge in [-0.1, -0.05) is 51.7 Å². The Balaban J connectivity index is 1.33. The molecule has 2 aliphatic rings. The van der Waals surface area contributed by atoms with Gasteiger partial charge in [0.2, 0.25) is 5.82 Å². The molecule has 0 amide bonds. The van der Waals surface area contributed by atoms with Crippen LogP contribution in [0.2, 0.25) is 0 Å². The molecule has 0 heterocycles. The normalized spacial score (nSPS) is 23.7. The predicted molar refractivity (Wildman–Crippen MR) is 139 cm³/mol. The minimum atomic E-state index is -1.29. The lowest BCUT2D eigenvalue weighted by Gasteiger charge is -2.30. The highest BCUT2D eigenvalue weighted by Gasteiger charge is 2.31. The Morgan fingerprint density at radius 1 is 0.763 bits per heavy atom. The summed E-state index contributed by atoms with van der Waals surface area (Å²) in [5.74, 6) is -4.64. The van der Waals surface area contributed by atoms with Crippen LogP contribution in [0.4, 0.5) is 17.6 Å². The number of halogens is 4. The minimum absolute atomic E-state index is 0.0665. The van der Waals surface area contributed by atoms with Gasteiger partial charge in [0.15, 0.2) is 23.2 Å². The molecule has 2 aromatic carbocycles. The van der Waals surface area contributed by atoms with E-state index in [0.29, 0.717) is 42.7 Å². The number of unbranched alkanes of at least 4 members (excludes halogenated alkanes) is 2. The number of benzene rings is 2. The molecule has 2 aromatic rings. The van der Waals surface area contributed by atoms with Gasteiger partial charge in [0.1, 0.15) is 6.10 Å². The van der Waals surface area contributed by atoms with Gasteiger partial charge in [0.25, 0.3) is 0 Å². The van der Waals surface area contributed by atoms with Crippen molar-refractivity contribution in [1.29, 1.82) is 0 Å². The molecule has 38 heavy (non-hydrogen) atoms. The first-order valence-electron chi connectivity index (χ1n) is 14.1. The molecule has 0 bridgehead atoms. The fraction of sp³-hybridized carbons (Fsp3) is 0.581. The Hall–Kier alpha value is -2.57. The van der Waals surface area contributed by atoms with Gasteiger partial charge in [-0.15, -0.1) is 0 Å². The van der Waals surface area contributed by atoms with Gasteiger partial charge in [-0.2, -0.15) is 4.39 Å². The molecule has 2 aliphatic carbocycles. The summed E-state index contributed by atoms with van der Waals surface area (Å²) >= 11 is 0. The summed E-state index contributed by atoms with van der Waals surface area (Å²) in [5.41, 5.74) is 0.363. The van der Waals surface area contributed by atoms with Gasteiger partial charge < -0.3 is 9.47 Å². The number of hydrogen-bond acceptors (Lipinski definition) is 3. The zero-order valence-electron chi connectivity index (χ0n) is 22.3. The van der Waals surface area contributed by atoms with E-state index in [2.05, 4.69) is 6.92 Å². The lowest BCUT2D eigenvalue weighted by molar-refractivity contribution is 0.0188. The summed E-state index contributed by atoms with van der Waals surface area (Å²) in [7, 11) is 0. The van der Waals surface area contributed by atoms with Crippen molar-refractivity contribution in [3.63, 3.8) is 0 Å². The van der Waals surface area contributed by atoms with Crippen LogP contribution in [-0.2, 0) is 4.74 Å². The molecule has 0 N–H and O–H groups in total. The highest BCUT2D eigenvalue weighted by atomic mass is 19.2. The van der Waals surface area contributed by atoms with Crippen molar-refractivity contribution in [2.45, 2.75) is 102 Å². The average molecular weight is 535 g/mol. The van der Waals surface area contributed by atoms with Crippen LogP contribution in [0.3, 0.4) is 0 Å². The fourth-order valence-electron chi connectivity index (χ4n) is 5.82. The third kappa shape index (κ3) is 6.52. The first kappa shape index (κ1) is 28.4. The van der Waals surface area contributed by atoms with Crippen molar-refractivity contribution in [2.24, 2.45) is 5.92 Å². The number of esters is 1. The molecule has 0 spiro atoms. The maximum absolute atomic E-state index is 15.1. The second-order valence-electron chi connectivity index (χ2n) is 11.0. The van der Waals surface area contributed by atoms with Gasteiger partial charge in [0, 0.05) is 0 Å². The summed E-state index contributed by atoms with van der Waals surface area (Å²) < 4.78 is 69.8. The zero-order chi connectivity index (χ0) is 27.2. The third-order valence-electron chi connectivity index (χ3n) is 8.26. The third-order valence-corrected chi connectivity index (χ3v) is 8.26. The van der Waals surface area contributed by atoms with Crippen molar-refractivity contribution in [3.8, 4) is 5.75 Å². The fourth-order valence-corrected chi connectivity index (χ4v) is 5.82. The number of hydrogen-bond donors (Lipinski definition) is 0. The monoisotopic (exact) mass is 534 g/mol. The standard InChI is InChI=1S/C31H38F4O3/c1-3-4-5-18-37-26-17-16-25(29(34)30(26)35)31(36)38-22-12-10-21(11-13-22)24-15-14-23(27(32)28(24)33)20-8-6-19(2)7-9-20/h14-17,19-22H,3-13,18H2,1-2H3. The lowest BCUT2D eigenvalue weighted by Crippen LogP contribution is -2.25. The molecule has 0 aromatic heterocycles. The Morgan fingerprint density at radius 3 is 1.92 bits per heavy atom. The first-order valence-corrected chi connectivity index (χ1v) is 14.1. The molecule has 2 fully saturated rings. The van der Waals surface area contributed by atoms with Crippen LogP contribution in [0.5, 0.6) is 5.75 Å². The van der Waals surface area contributed by atoms with Crippen molar-refractivity contribution in [1.82, 2.24) is 0 Å². The van der Waals surface area contributed by atoms with Crippen LogP contribution in [0.25, 0.3) is 0 Å². The van der Waals surface area contributed by atoms with Crippen LogP contribution in [0.1, 0.15) is 118 Å². The molecule has 0 saturated heterocycles. The number of carbonyl (C=O) groups excluding carboxylic acids is 1. The quantitative estimate of drug-likeness (QED) is 0.183. The largest absolute Gasteiger partial charge is 0.490 e. The SMILES string of the molecule is CCCCCOc1ccc(C(=O)OC2CCC(c3ccc(C4CCC(C)CC4)c(F)c3F)CC2)c(F)c1F. The zero-order valence-corrected chi connectivity index (χ0v) is 22.3. The summed E-state index contributed by atoms with van der Waals surface area (Å²) in [6, 6.07) is 5.88. The molecule has 0 radical (unpaired) electrons. The average Bonchev–Trinajstić information content (AvgIpc) is 2.91. The number of carbonyl (C=O) groups is 1. The summed E-state index contributed by atoms with van der Waals surface area (Å²) in [6.45, 7) is 4.49. The van der Waals surface area contributed by atoms with Crippen molar-refractivity contribution < 1.29 is 31.8 Å². The molecule has 0 unspecified atom stereocenters. The lowest BCUT2D eigenvalue weighted by atomic mass is 9.77. The Labute approximate surface area is 222 Å². The van der Waals surface area contributed by atoms with E-state index in [1.807, 2.05) is 6.92 Å². The van der Waals surface area contributed by atoms with Crippen LogP contribution >= 0.6 is 0 Å². The van der Waals surface area contributed by atoms with E-state index in [1.54, 1.807) is 12.1 Å². The minimum Gasteiger partial charge on any atom is -0.490 e. The second kappa shape index (κ2) is 13.0. The van der Waals surface area contributed by atoms with Crippen LogP contribution in [-0.4, -0.2) is 18.7 Å². The van der Waals surface area contributed by atoms with Gasteiger partial charge in [0.05, 0.1) is 12.2 Å². The highest BCUT2D eigenvalue weighted by molar-refractivity contribution is 5.90. The highest BCUT2D eigenvalue weighted by Crippen LogP contribution is 2.41. The van der Waals surface area contributed by atoms with Crippen molar-refractivity contribution >= 4 is 5.97 Å². The Bertz CT molecular complexity index is 1100. The molecular formula is C31H38F4O3. The smallest absolute Gasteiger partial charge is 0.341 e. The molecule has 208 valence electrons. The molecule has 3 nitrogen and oxygen atoms in total.